The number of halogens is 2. The lowest BCUT2D eigenvalue weighted by Crippen LogP contribution is -2.37. The minimum Gasteiger partial charge on any atom is -0.347 e. The first-order valence-electron chi connectivity index (χ1n) is 8.49. The van der Waals surface area contributed by atoms with Gasteiger partial charge in [-0.05, 0) is 62.4 Å². The third-order valence-corrected chi connectivity index (χ3v) is 4.80. The first kappa shape index (κ1) is 21.7. The van der Waals surface area contributed by atoms with E-state index < -0.39 is 0 Å². The molecule has 0 aliphatic carbocycles. The summed E-state index contributed by atoms with van der Waals surface area (Å²) in [5, 5.41) is 9.26. The fourth-order valence-electron chi connectivity index (χ4n) is 2.99. The van der Waals surface area contributed by atoms with E-state index in [9.17, 15) is 9.59 Å². The van der Waals surface area contributed by atoms with Crippen LogP contribution in [0.15, 0.2) is 18.2 Å². The number of piperidine rings is 1. The monoisotopic (exact) mass is 387 g/mol. The van der Waals surface area contributed by atoms with E-state index in [1.807, 2.05) is 13.0 Å². The summed E-state index contributed by atoms with van der Waals surface area (Å²) < 4.78 is 0. The second-order valence-electron chi connectivity index (χ2n) is 6.60. The van der Waals surface area contributed by atoms with Crippen LogP contribution in [0.3, 0.4) is 0 Å². The summed E-state index contributed by atoms with van der Waals surface area (Å²) in [5.74, 6) is 0.483. The summed E-state index contributed by atoms with van der Waals surface area (Å²) in [5.41, 5.74) is 1.58. The molecule has 1 fully saturated rings. The highest BCUT2D eigenvalue weighted by atomic mass is 35.5. The summed E-state index contributed by atoms with van der Waals surface area (Å²) in [6.45, 7) is 6.03. The number of nitrogens with one attached hydrogen (secondary N) is 3. The molecule has 2 unspecified atom stereocenters. The lowest BCUT2D eigenvalue weighted by Gasteiger charge is -2.27. The molecule has 25 heavy (non-hydrogen) atoms. The van der Waals surface area contributed by atoms with Crippen molar-refractivity contribution in [2.24, 2.45) is 11.8 Å². The summed E-state index contributed by atoms with van der Waals surface area (Å²) in [6.07, 6.45) is 2.77. The number of benzene rings is 1. The molecule has 2 amide bonds. The predicted octanol–water partition coefficient (Wildman–Crippen LogP) is 3.15. The summed E-state index contributed by atoms with van der Waals surface area (Å²) in [6, 6.07) is 5.42. The predicted molar refractivity (Wildman–Crippen MR) is 104 cm³/mol. The van der Waals surface area contributed by atoms with E-state index in [1.54, 1.807) is 12.1 Å². The van der Waals surface area contributed by atoms with E-state index in [4.69, 9.17) is 11.6 Å². The number of carbonyl (C=O) groups excluding carboxylic acids is 2. The molecule has 0 spiro atoms. The van der Waals surface area contributed by atoms with Crippen molar-refractivity contribution in [3.8, 4) is 0 Å². The molecule has 1 aromatic rings. The molecular formula is C18H27Cl2N3O2. The molecule has 3 N–H and O–H groups in total. The molecule has 0 radical (unpaired) electrons. The minimum atomic E-state index is -0.277. The first-order chi connectivity index (χ1) is 11.5. The molecule has 7 heteroatoms. The smallest absolute Gasteiger partial charge is 0.243 e. The van der Waals surface area contributed by atoms with Crippen molar-refractivity contribution in [2.45, 2.75) is 33.1 Å². The molecule has 140 valence electrons. The highest BCUT2D eigenvalue weighted by Crippen LogP contribution is 2.23. The van der Waals surface area contributed by atoms with Crippen molar-refractivity contribution in [2.75, 3.05) is 25.0 Å². The van der Waals surface area contributed by atoms with E-state index in [1.165, 1.54) is 0 Å². The van der Waals surface area contributed by atoms with E-state index >= 15 is 0 Å². The van der Waals surface area contributed by atoms with Crippen molar-refractivity contribution in [1.29, 1.82) is 0 Å². The zero-order valence-corrected chi connectivity index (χ0v) is 16.3. The van der Waals surface area contributed by atoms with Gasteiger partial charge < -0.3 is 16.0 Å². The van der Waals surface area contributed by atoms with Crippen molar-refractivity contribution in [3.05, 3.63) is 28.8 Å². The van der Waals surface area contributed by atoms with E-state index in [-0.39, 0.29) is 30.8 Å². The van der Waals surface area contributed by atoms with Gasteiger partial charge in [-0.1, -0.05) is 24.6 Å². The molecule has 1 aliphatic rings. The fraction of sp³-hybridized carbons (Fsp3) is 0.556. The third-order valence-electron chi connectivity index (χ3n) is 4.49. The molecule has 1 aromatic carbocycles. The Balaban J connectivity index is 0.00000312. The Morgan fingerprint density at radius 3 is 2.76 bits per heavy atom. The topological polar surface area (TPSA) is 70.2 Å². The van der Waals surface area contributed by atoms with Crippen LogP contribution in [-0.2, 0) is 9.59 Å². The van der Waals surface area contributed by atoms with Gasteiger partial charge in [-0.15, -0.1) is 12.4 Å². The van der Waals surface area contributed by atoms with Gasteiger partial charge in [-0.2, -0.15) is 0 Å². The van der Waals surface area contributed by atoms with Crippen molar-refractivity contribution in [3.63, 3.8) is 0 Å². The van der Waals surface area contributed by atoms with Gasteiger partial charge in [0.1, 0.15) is 0 Å². The Morgan fingerprint density at radius 1 is 1.36 bits per heavy atom. The summed E-state index contributed by atoms with van der Waals surface area (Å²) >= 11 is 6.08. The maximum absolute atomic E-state index is 12.0. The highest BCUT2D eigenvalue weighted by Gasteiger charge is 2.22. The van der Waals surface area contributed by atoms with Crippen LogP contribution >= 0.6 is 24.0 Å². The van der Waals surface area contributed by atoms with Gasteiger partial charge in [0.05, 0.1) is 17.3 Å². The molecule has 1 heterocycles. The second kappa shape index (κ2) is 10.6. The van der Waals surface area contributed by atoms with Gasteiger partial charge >= 0.3 is 0 Å². The maximum atomic E-state index is 12.0. The summed E-state index contributed by atoms with van der Waals surface area (Å²) in [7, 11) is 0. The van der Waals surface area contributed by atoms with Crippen LogP contribution < -0.4 is 16.0 Å². The van der Waals surface area contributed by atoms with Crippen LogP contribution in [0.1, 0.15) is 31.7 Å². The second-order valence-corrected chi connectivity index (χ2v) is 7.00. The van der Waals surface area contributed by atoms with E-state index in [0.717, 1.165) is 31.5 Å². The Kier molecular flexibility index (Phi) is 9.25. The average molecular weight is 388 g/mol. The van der Waals surface area contributed by atoms with Gasteiger partial charge in [0.25, 0.3) is 0 Å². The van der Waals surface area contributed by atoms with Gasteiger partial charge in [0.2, 0.25) is 11.8 Å². The van der Waals surface area contributed by atoms with Gasteiger partial charge in [0.15, 0.2) is 0 Å². The van der Waals surface area contributed by atoms with E-state index in [0.29, 0.717) is 29.0 Å². The molecule has 0 saturated carbocycles. The number of rotatable bonds is 6. The SMILES string of the molecule is Cc1ccc(NC(=O)CNC(=O)CC(C)C2CCCNC2)c(Cl)c1.Cl. The van der Waals surface area contributed by atoms with Crippen molar-refractivity contribution in [1.82, 2.24) is 10.6 Å². The van der Waals surface area contributed by atoms with Crippen LogP contribution in [0.5, 0.6) is 0 Å². The molecule has 2 rings (SSSR count). The average Bonchev–Trinajstić information content (AvgIpc) is 2.56. The Bertz CT molecular complexity index is 590. The standard InChI is InChI=1S/C18H26ClN3O2.ClH/c1-12-5-6-16(15(19)8-12)22-18(24)11-21-17(23)9-13(2)14-4-3-7-20-10-14;/h5-6,8,13-14,20H,3-4,7,9-11H2,1-2H3,(H,21,23)(H,22,24);1H. The lowest BCUT2D eigenvalue weighted by atomic mass is 9.85. The molecular weight excluding hydrogens is 361 g/mol. The van der Waals surface area contributed by atoms with Gasteiger partial charge in [-0.25, -0.2) is 0 Å². The molecule has 0 aromatic heterocycles. The number of hydrogen-bond acceptors (Lipinski definition) is 3. The first-order valence-corrected chi connectivity index (χ1v) is 8.87. The van der Waals surface area contributed by atoms with Crippen LogP contribution in [0, 0.1) is 18.8 Å². The number of carbonyl (C=O) groups is 2. The Hall–Kier alpha value is -1.30. The molecule has 2 atom stereocenters. The largest absolute Gasteiger partial charge is 0.347 e. The van der Waals surface area contributed by atoms with Crippen LogP contribution in [0.25, 0.3) is 0 Å². The minimum absolute atomic E-state index is 0. The fourth-order valence-corrected chi connectivity index (χ4v) is 3.27. The van der Waals surface area contributed by atoms with Gasteiger partial charge in [-0.3, -0.25) is 9.59 Å². The Morgan fingerprint density at radius 2 is 2.12 bits per heavy atom. The molecule has 0 bridgehead atoms. The number of amides is 2. The number of aryl methyl sites for hydroxylation is 1. The van der Waals surface area contributed by atoms with Crippen LogP contribution in [-0.4, -0.2) is 31.4 Å². The van der Waals surface area contributed by atoms with Crippen LogP contribution in [0.4, 0.5) is 5.69 Å². The van der Waals surface area contributed by atoms with Crippen molar-refractivity contribution < 1.29 is 9.59 Å². The zero-order chi connectivity index (χ0) is 17.5. The lowest BCUT2D eigenvalue weighted by molar-refractivity contribution is -0.125. The normalized spacial score (nSPS) is 18.0. The highest BCUT2D eigenvalue weighted by molar-refractivity contribution is 6.33. The zero-order valence-electron chi connectivity index (χ0n) is 14.7. The van der Waals surface area contributed by atoms with Crippen LogP contribution in [0.2, 0.25) is 5.02 Å². The molecule has 1 saturated heterocycles. The molecule has 1 aliphatic heterocycles. The van der Waals surface area contributed by atoms with Crippen molar-refractivity contribution >= 4 is 41.5 Å². The van der Waals surface area contributed by atoms with E-state index in [2.05, 4.69) is 22.9 Å². The quantitative estimate of drug-likeness (QED) is 0.701. The number of anilines is 1. The summed E-state index contributed by atoms with van der Waals surface area (Å²) in [4.78, 5) is 24.0. The van der Waals surface area contributed by atoms with Gasteiger partial charge in [0, 0.05) is 6.42 Å². The third kappa shape index (κ3) is 7.22. The maximum Gasteiger partial charge on any atom is 0.243 e. The number of hydrogen-bond donors (Lipinski definition) is 3. The molecule has 5 nitrogen and oxygen atoms in total. The Labute approximate surface area is 160 Å².